The van der Waals surface area contributed by atoms with Gasteiger partial charge in [0.15, 0.2) is 5.78 Å². The number of carbonyl (C=O) groups excluding carboxylic acids is 1. The number of methoxy groups -OCH3 is 1. The van der Waals surface area contributed by atoms with Crippen LogP contribution in [0.25, 0.3) is 0 Å². The average molecular weight is 205 g/mol. The van der Waals surface area contributed by atoms with Crippen LogP contribution in [0.2, 0.25) is 0 Å². The maximum atomic E-state index is 11.7. The maximum Gasteiger partial charge on any atom is 0.168 e. The van der Waals surface area contributed by atoms with Gasteiger partial charge in [-0.25, -0.2) is 0 Å². The van der Waals surface area contributed by atoms with Gasteiger partial charge in [0.25, 0.3) is 0 Å². The molecule has 0 amide bonds. The number of hydrogen-bond acceptors (Lipinski definition) is 3. The van der Waals surface area contributed by atoms with Crippen LogP contribution < -0.4 is 10.5 Å². The van der Waals surface area contributed by atoms with E-state index < -0.39 is 0 Å². The molecule has 0 aromatic heterocycles. The van der Waals surface area contributed by atoms with Gasteiger partial charge in [0.2, 0.25) is 0 Å². The summed E-state index contributed by atoms with van der Waals surface area (Å²) in [4.78, 5) is 11.7. The fourth-order valence-electron chi connectivity index (χ4n) is 1.29. The van der Waals surface area contributed by atoms with Crippen LogP contribution in [0.1, 0.15) is 23.7 Å². The monoisotopic (exact) mass is 205 g/mol. The molecular formula is C12H15NO2. The van der Waals surface area contributed by atoms with E-state index in [-0.39, 0.29) is 5.78 Å². The normalized spacial score (nSPS) is 9.73. The molecule has 0 aliphatic carbocycles. The Morgan fingerprint density at radius 1 is 1.53 bits per heavy atom. The Kier molecular flexibility index (Phi) is 3.50. The van der Waals surface area contributed by atoms with E-state index in [1.54, 1.807) is 25.3 Å². The van der Waals surface area contributed by atoms with Gasteiger partial charge in [0, 0.05) is 23.7 Å². The maximum absolute atomic E-state index is 11.7. The molecule has 0 atom stereocenters. The highest BCUT2D eigenvalue weighted by atomic mass is 16.5. The minimum Gasteiger partial charge on any atom is -0.497 e. The second-order valence-electron chi connectivity index (χ2n) is 3.51. The molecule has 1 rings (SSSR count). The predicted molar refractivity (Wildman–Crippen MR) is 61.2 cm³/mol. The summed E-state index contributed by atoms with van der Waals surface area (Å²) < 4.78 is 5.00. The molecule has 1 aromatic carbocycles. The van der Waals surface area contributed by atoms with Gasteiger partial charge in [-0.3, -0.25) is 4.79 Å². The van der Waals surface area contributed by atoms with Crippen molar-refractivity contribution in [3.8, 4) is 5.75 Å². The summed E-state index contributed by atoms with van der Waals surface area (Å²) in [5.74, 6) is 0.641. The first-order chi connectivity index (χ1) is 7.04. The summed E-state index contributed by atoms with van der Waals surface area (Å²) >= 11 is 0. The molecule has 0 heterocycles. The molecule has 0 radical (unpaired) electrons. The number of anilines is 1. The van der Waals surface area contributed by atoms with Crippen LogP contribution in [0, 0.1) is 0 Å². The van der Waals surface area contributed by atoms with Crippen LogP contribution in [0.15, 0.2) is 30.4 Å². The molecule has 0 aliphatic heterocycles. The van der Waals surface area contributed by atoms with Gasteiger partial charge in [-0.2, -0.15) is 0 Å². The van der Waals surface area contributed by atoms with E-state index in [4.69, 9.17) is 10.5 Å². The fourth-order valence-corrected chi connectivity index (χ4v) is 1.29. The van der Waals surface area contributed by atoms with Crippen molar-refractivity contribution in [1.29, 1.82) is 0 Å². The number of nitrogens with two attached hydrogens (primary N) is 1. The second-order valence-corrected chi connectivity index (χ2v) is 3.51. The molecule has 0 bridgehead atoms. The summed E-state index contributed by atoms with van der Waals surface area (Å²) in [7, 11) is 1.56. The van der Waals surface area contributed by atoms with Crippen LogP contribution in [0.5, 0.6) is 5.75 Å². The Labute approximate surface area is 89.5 Å². The van der Waals surface area contributed by atoms with Gasteiger partial charge in [-0.15, -0.1) is 0 Å². The summed E-state index contributed by atoms with van der Waals surface area (Å²) in [5.41, 5.74) is 7.54. The second kappa shape index (κ2) is 4.64. The molecule has 15 heavy (non-hydrogen) atoms. The molecule has 2 N–H and O–H groups in total. The number of ether oxygens (including phenoxy) is 1. The highest BCUT2D eigenvalue weighted by Crippen LogP contribution is 2.21. The van der Waals surface area contributed by atoms with Crippen molar-refractivity contribution in [2.24, 2.45) is 0 Å². The Morgan fingerprint density at radius 3 is 2.67 bits per heavy atom. The van der Waals surface area contributed by atoms with Crippen LogP contribution in [0.4, 0.5) is 5.69 Å². The van der Waals surface area contributed by atoms with Gasteiger partial charge >= 0.3 is 0 Å². The first-order valence-electron chi connectivity index (χ1n) is 4.65. The molecule has 0 unspecified atom stereocenters. The van der Waals surface area contributed by atoms with E-state index in [1.807, 2.05) is 6.92 Å². The van der Waals surface area contributed by atoms with E-state index >= 15 is 0 Å². The first-order valence-corrected chi connectivity index (χ1v) is 4.65. The zero-order valence-corrected chi connectivity index (χ0v) is 9.04. The summed E-state index contributed by atoms with van der Waals surface area (Å²) in [6, 6.07) is 5.05. The van der Waals surface area contributed by atoms with Crippen molar-refractivity contribution in [3.63, 3.8) is 0 Å². The fraction of sp³-hybridized carbons (Fsp3) is 0.250. The van der Waals surface area contributed by atoms with Crippen molar-refractivity contribution in [2.75, 3.05) is 12.8 Å². The van der Waals surface area contributed by atoms with E-state index in [0.717, 1.165) is 5.57 Å². The molecule has 0 saturated carbocycles. The number of rotatable bonds is 4. The number of carbonyl (C=O) groups is 1. The molecule has 0 saturated heterocycles. The lowest BCUT2D eigenvalue weighted by atomic mass is 10.0. The summed E-state index contributed by atoms with van der Waals surface area (Å²) in [5, 5.41) is 0. The van der Waals surface area contributed by atoms with Crippen molar-refractivity contribution < 1.29 is 9.53 Å². The van der Waals surface area contributed by atoms with Gasteiger partial charge in [-0.05, 0) is 19.1 Å². The molecule has 0 spiro atoms. The third kappa shape index (κ3) is 2.84. The molecule has 0 fully saturated rings. The smallest absolute Gasteiger partial charge is 0.168 e. The Hall–Kier alpha value is -1.77. The van der Waals surface area contributed by atoms with E-state index in [1.165, 1.54) is 0 Å². The Morgan fingerprint density at radius 2 is 2.20 bits per heavy atom. The number of nitrogen functional groups attached to an aromatic ring is 1. The quantitative estimate of drug-likeness (QED) is 0.466. The van der Waals surface area contributed by atoms with Crippen LogP contribution in [-0.4, -0.2) is 12.9 Å². The first kappa shape index (κ1) is 11.3. The number of hydrogen-bond donors (Lipinski definition) is 1. The number of benzene rings is 1. The van der Waals surface area contributed by atoms with E-state index in [0.29, 0.717) is 23.4 Å². The van der Waals surface area contributed by atoms with Gasteiger partial charge in [0.1, 0.15) is 5.75 Å². The molecule has 3 nitrogen and oxygen atoms in total. The lowest BCUT2D eigenvalue weighted by molar-refractivity contribution is 0.0994. The summed E-state index contributed by atoms with van der Waals surface area (Å²) in [6.07, 6.45) is 0.330. The zero-order chi connectivity index (χ0) is 11.4. The van der Waals surface area contributed by atoms with Gasteiger partial charge < -0.3 is 10.5 Å². The van der Waals surface area contributed by atoms with E-state index in [2.05, 4.69) is 6.58 Å². The molecular weight excluding hydrogens is 190 g/mol. The largest absolute Gasteiger partial charge is 0.497 e. The SMILES string of the molecule is C=C(C)CC(=O)c1ccc(OC)cc1N. The van der Waals surface area contributed by atoms with Crippen molar-refractivity contribution in [3.05, 3.63) is 35.9 Å². The third-order valence-electron chi connectivity index (χ3n) is 2.02. The molecule has 80 valence electrons. The topological polar surface area (TPSA) is 52.3 Å². The van der Waals surface area contributed by atoms with Crippen LogP contribution in [-0.2, 0) is 0 Å². The third-order valence-corrected chi connectivity index (χ3v) is 2.02. The highest BCUT2D eigenvalue weighted by molar-refractivity contribution is 6.02. The van der Waals surface area contributed by atoms with Gasteiger partial charge in [-0.1, -0.05) is 12.2 Å². The number of allylic oxidation sites excluding steroid dienone is 1. The standard InChI is InChI=1S/C12H15NO2/c1-8(2)6-12(14)10-5-4-9(15-3)7-11(10)13/h4-5,7H,1,6,13H2,2-3H3. The predicted octanol–water partition coefficient (Wildman–Crippen LogP) is 2.43. The van der Waals surface area contributed by atoms with Crippen molar-refractivity contribution in [2.45, 2.75) is 13.3 Å². The van der Waals surface area contributed by atoms with Crippen LogP contribution in [0.3, 0.4) is 0 Å². The van der Waals surface area contributed by atoms with Crippen molar-refractivity contribution in [1.82, 2.24) is 0 Å². The van der Waals surface area contributed by atoms with E-state index in [9.17, 15) is 4.79 Å². The average Bonchev–Trinajstić information content (AvgIpc) is 2.16. The molecule has 3 heteroatoms. The van der Waals surface area contributed by atoms with Crippen molar-refractivity contribution >= 4 is 11.5 Å². The highest BCUT2D eigenvalue weighted by Gasteiger charge is 2.10. The molecule has 1 aromatic rings. The number of Topliss-reactive ketones (excluding diaryl/α,β-unsaturated/α-hetero) is 1. The van der Waals surface area contributed by atoms with Gasteiger partial charge in [0.05, 0.1) is 7.11 Å². The molecule has 0 aliphatic rings. The summed E-state index contributed by atoms with van der Waals surface area (Å²) in [6.45, 7) is 5.51. The minimum atomic E-state index is -0.0114. The lowest BCUT2D eigenvalue weighted by Crippen LogP contribution is -2.04. The lowest BCUT2D eigenvalue weighted by Gasteiger charge is -2.06. The van der Waals surface area contributed by atoms with Crippen LogP contribution >= 0.6 is 0 Å². The minimum absolute atomic E-state index is 0.0114. The zero-order valence-electron chi connectivity index (χ0n) is 9.04. The Bertz CT molecular complexity index is 397. The Balaban J connectivity index is 2.95. The number of ketones is 1.